The Morgan fingerprint density at radius 3 is 2.60 bits per heavy atom. The van der Waals surface area contributed by atoms with Crippen LogP contribution in [0.1, 0.15) is 24.8 Å². The number of amides is 1. The maximum atomic E-state index is 13.1. The van der Waals surface area contributed by atoms with E-state index in [4.69, 9.17) is 4.74 Å². The van der Waals surface area contributed by atoms with Gasteiger partial charge in [0, 0.05) is 19.0 Å². The Morgan fingerprint density at radius 2 is 1.96 bits per heavy atom. The number of ether oxygens (including phenoxy) is 1. The first kappa shape index (κ1) is 17.8. The van der Waals surface area contributed by atoms with Crippen molar-refractivity contribution in [1.82, 2.24) is 0 Å². The minimum atomic E-state index is -4.45. The molecule has 1 atom stereocenters. The van der Waals surface area contributed by atoms with Gasteiger partial charge in [0.1, 0.15) is 0 Å². The van der Waals surface area contributed by atoms with E-state index in [9.17, 15) is 18.0 Å². The van der Waals surface area contributed by atoms with Crippen LogP contribution in [0.15, 0.2) is 30.4 Å². The number of hydrogen-bond donors (Lipinski definition) is 1. The number of alkyl halides is 3. The van der Waals surface area contributed by atoms with Crippen molar-refractivity contribution >= 4 is 17.3 Å². The van der Waals surface area contributed by atoms with E-state index in [2.05, 4.69) is 5.32 Å². The summed E-state index contributed by atoms with van der Waals surface area (Å²) >= 11 is 0. The van der Waals surface area contributed by atoms with Crippen molar-refractivity contribution in [2.24, 2.45) is 5.92 Å². The maximum Gasteiger partial charge on any atom is 0.416 e. The minimum Gasteiger partial charge on any atom is -0.378 e. The lowest BCUT2D eigenvalue weighted by Gasteiger charge is -2.31. The predicted molar refractivity (Wildman–Crippen MR) is 89.6 cm³/mol. The molecule has 0 bridgehead atoms. The molecule has 1 heterocycles. The highest BCUT2D eigenvalue weighted by Gasteiger charge is 2.32. The van der Waals surface area contributed by atoms with Crippen molar-refractivity contribution in [1.29, 1.82) is 0 Å². The van der Waals surface area contributed by atoms with Crippen LogP contribution in [-0.2, 0) is 15.7 Å². The van der Waals surface area contributed by atoms with Crippen LogP contribution in [0.4, 0.5) is 24.5 Å². The van der Waals surface area contributed by atoms with Gasteiger partial charge >= 0.3 is 6.18 Å². The lowest BCUT2D eigenvalue weighted by molar-refractivity contribution is -0.137. The third-order valence-corrected chi connectivity index (χ3v) is 4.57. The normalized spacial score (nSPS) is 21.2. The molecule has 0 radical (unpaired) electrons. The number of benzene rings is 1. The highest BCUT2D eigenvalue weighted by atomic mass is 19.4. The molecule has 0 saturated carbocycles. The van der Waals surface area contributed by atoms with Crippen LogP contribution in [0.25, 0.3) is 0 Å². The molecule has 4 nitrogen and oxygen atoms in total. The molecule has 7 heteroatoms. The first-order chi connectivity index (χ1) is 11.9. The van der Waals surface area contributed by atoms with E-state index in [1.807, 2.05) is 17.1 Å². The number of nitrogens with zero attached hydrogens (tertiary/aromatic N) is 1. The zero-order valence-corrected chi connectivity index (χ0v) is 13.8. The molecule has 2 aliphatic rings. The molecule has 1 aromatic rings. The number of nitrogens with one attached hydrogen (secondary N) is 1. The molecule has 1 aliphatic heterocycles. The first-order valence-electron chi connectivity index (χ1n) is 8.45. The highest BCUT2D eigenvalue weighted by Crippen LogP contribution is 2.36. The molecule has 1 aliphatic carbocycles. The molecule has 1 aromatic carbocycles. The van der Waals surface area contributed by atoms with Crippen molar-refractivity contribution in [3.05, 3.63) is 35.9 Å². The Bertz CT molecular complexity index is 652. The zero-order valence-electron chi connectivity index (χ0n) is 13.8. The van der Waals surface area contributed by atoms with Crippen LogP contribution in [0.5, 0.6) is 0 Å². The van der Waals surface area contributed by atoms with Crippen molar-refractivity contribution in [3.8, 4) is 0 Å². The molecule has 1 N–H and O–H groups in total. The first-order valence-corrected chi connectivity index (χ1v) is 8.45. The predicted octanol–water partition coefficient (Wildman–Crippen LogP) is 3.84. The summed E-state index contributed by atoms with van der Waals surface area (Å²) in [5, 5.41) is 2.73. The summed E-state index contributed by atoms with van der Waals surface area (Å²) in [6.07, 6.45) is 1.68. The molecule has 0 spiro atoms. The number of anilines is 2. The number of rotatable bonds is 3. The average molecular weight is 354 g/mol. The molecule has 3 rings (SSSR count). The monoisotopic (exact) mass is 354 g/mol. The molecule has 1 fully saturated rings. The van der Waals surface area contributed by atoms with Gasteiger partial charge in [-0.25, -0.2) is 0 Å². The Labute approximate surface area is 144 Å². The maximum absolute atomic E-state index is 13.1. The lowest BCUT2D eigenvalue weighted by atomic mass is 9.93. The summed E-state index contributed by atoms with van der Waals surface area (Å²) in [4.78, 5) is 14.4. The van der Waals surface area contributed by atoms with Crippen LogP contribution >= 0.6 is 0 Å². The quantitative estimate of drug-likeness (QED) is 0.839. The Balaban J connectivity index is 1.87. The summed E-state index contributed by atoms with van der Waals surface area (Å²) in [5.41, 5.74) is 0.0654. The Kier molecular flexibility index (Phi) is 5.32. The van der Waals surface area contributed by atoms with Crippen LogP contribution in [0.2, 0.25) is 0 Å². The van der Waals surface area contributed by atoms with Gasteiger partial charge in [-0.3, -0.25) is 4.79 Å². The lowest BCUT2D eigenvalue weighted by Crippen LogP contribution is -2.37. The van der Waals surface area contributed by atoms with Gasteiger partial charge in [-0.05, 0) is 37.5 Å². The van der Waals surface area contributed by atoms with Gasteiger partial charge in [0.05, 0.1) is 30.2 Å². The van der Waals surface area contributed by atoms with Gasteiger partial charge in [-0.1, -0.05) is 12.2 Å². The molecular formula is C18H21F3N2O2. The summed E-state index contributed by atoms with van der Waals surface area (Å²) in [5.74, 6) is -0.421. The fourth-order valence-electron chi connectivity index (χ4n) is 3.16. The van der Waals surface area contributed by atoms with E-state index in [0.29, 0.717) is 44.8 Å². The van der Waals surface area contributed by atoms with Crippen molar-refractivity contribution in [3.63, 3.8) is 0 Å². The van der Waals surface area contributed by atoms with Crippen LogP contribution < -0.4 is 10.2 Å². The summed E-state index contributed by atoms with van der Waals surface area (Å²) in [6.45, 7) is 2.20. The number of carbonyl (C=O) groups is 1. The largest absolute Gasteiger partial charge is 0.416 e. The second-order valence-electron chi connectivity index (χ2n) is 6.30. The van der Waals surface area contributed by atoms with E-state index in [0.717, 1.165) is 18.6 Å². The third kappa shape index (κ3) is 4.34. The Morgan fingerprint density at radius 1 is 1.20 bits per heavy atom. The smallest absolute Gasteiger partial charge is 0.378 e. The number of morpholine rings is 1. The number of carbonyl (C=O) groups excluding carboxylic acids is 1. The third-order valence-electron chi connectivity index (χ3n) is 4.57. The molecule has 25 heavy (non-hydrogen) atoms. The summed E-state index contributed by atoms with van der Waals surface area (Å²) in [7, 11) is 0. The second-order valence-corrected chi connectivity index (χ2v) is 6.30. The Hall–Kier alpha value is -2.02. The minimum absolute atomic E-state index is 0.197. The molecule has 0 aromatic heterocycles. The summed E-state index contributed by atoms with van der Waals surface area (Å²) < 4.78 is 44.5. The molecule has 136 valence electrons. The van der Waals surface area contributed by atoms with E-state index in [-0.39, 0.29) is 17.5 Å². The summed E-state index contributed by atoms with van der Waals surface area (Å²) in [6, 6.07) is 3.52. The van der Waals surface area contributed by atoms with E-state index < -0.39 is 11.7 Å². The standard InChI is InChI=1S/C18H21F3N2O2/c19-18(20,21)14-6-7-16(23-8-10-25-11-9-23)15(12-14)22-17(24)13-4-2-1-3-5-13/h1-2,6-7,12-13H,3-5,8-11H2,(H,22,24)/t13-/m0/s1. The SMILES string of the molecule is O=C(Nc1cc(C(F)(F)F)ccc1N1CCOCC1)[C@H]1CC=CCC1. The zero-order chi connectivity index (χ0) is 17.9. The van der Waals surface area contributed by atoms with Gasteiger partial charge in [0.25, 0.3) is 0 Å². The molecular weight excluding hydrogens is 333 g/mol. The number of hydrogen-bond acceptors (Lipinski definition) is 3. The van der Waals surface area contributed by atoms with Crippen LogP contribution in [0.3, 0.4) is 0 Å². The fraction of sp³-hybridized carbons (Fsp3) is 0.500. The van der Waals surface area contributed by atoms with Crippen molar-refractivity contribution < 1.29 is 22.7 Å². The van der Waals surface area contributed by atoms with E-state index >= 15 is 0 Å². The van der Waals surface area contributed by atoms with Crippen LogP contribution in [-0.4, -0.2) is 32.2 Å². The van der Waals surface area contributed by atoms with Gasteiger partial charge in [-0.2, -0.15) is 13.2 Å². The van der Waals surface area contributed by atoms with Gasteiger partial charge in [0.15, 0.2) is 0 Å². The fourth-order valence-corrected chi connectivity index (χ4v) is 3.16. The van der Waals surface area contributed by atoms with Gasteiger partial charge in [-0.15, -0.1) is 0 Å². The number of halogens is 3. The van der Waals surface area contributed by atoms with Gasteiger partial charge < -0.3 is 15.0 Å². The van der Waals surface area contributed by atoms with Crippen LogP contribution in [0, 0.1) is 5.92 Å². The number of allylic oxidation sites excluding steroid dienone is 2. The second kappa shape index (κ2) is 7.47. The van der Waals surface area contributed by atoms with E-state index in [1.165, 1.54) is 6.07 Å². The average Bonchev–Trinajstić information content (AvgIpc) is 2.62. The molecule has 0 unspecified atom stereocenters. The van der Waals surface area contributed by atoms with Crippen molar-refractivity contribution in [2.45, 2.75) is 25.4 Å². The molecule has 1 amide bonds. The molecule has 1 saturated heterocycles. The topological polar surface area (TPSA) is 41.6 Å². The van der Waals surface area contributed by atoms with E-state index in [1.54, 1.807) is 0 Å². The van der Waals surface area contributed by atoms with Crippen molar-refractivity contribution in [2.75, 3.05) is 36.5 Å². The highest BCUT2D eigenvalue weighted by molar-refractivity contribution is 5.96. The van der Waals surface area contributed by atoms with Gasteiger partial charge in [0.2, 0.25) is 5.91 Å².